The van der Waals surface area contributed by atoms with Crippen LogP contribution in [0.5, 0.6) is 5.75 Å². The first-order valence-corrected chi connectivity index (χ1v) is 17.9. The number of carbonyl (C=O) groups is 2. The number of allylic oxidation sites excluding steroid dienone is 1. The van der Waals surface area contributed by atoms with Crippen LogP contribution < -0.4 is 9.64 Å². The zero-order valence-corrected chi connectivity index (χ0v) is 26.4. The molecule has 7 nitrogen and oxygen atoms in total. The maximum Gasteiger partial charge on any atom is 0.285 e. The van der Waals surface area contributed by atoms with E-state index in [-0.39, 0.29) is 35.0 Å². The minimum absolute atomic E-state index is 0.149. The summed E-state index contributed by atoms with van der Waals surface area (Å²) in [4.78, 5) is 28.2. The van der Waals surface area contributed by atoms with Crippen molar-refractivity contribution in [3.8, 4) is 5.75 Å². The molecule has 2 aliphatic carbocycles. The van der Waals surface area contributed by atoms with Crippen LogP contribution in [-0.4, -0.2) is 58.3 Å². The van der Waals surface area contributed by atoms with Crippen molar-refractivity contribution in [1.29, 1.82) is 0 Å². The zero-order chi connectivity index (χ0) is 30.2. The van der Waals surface area contributed by atoms with Gasteiger partial charge < -0.3 is 14.7 Å². The van der Waals surface area contributed by atoms with Gasteiger partial charge in [-0.1, -0.05) is 36.7 Å². The number of hydrogen-bond acceptors (Lipinski definition) is 6. The number of Topliss-reactive ketones (excluding diaryl/α,β-unsaturated/α-hetero) is 1. The van der Waals surface area contributed by atoms with E-state index in [1.165, 1.54) is 11.1 Å². The molecule has 2 heterocycles. The van der Waals surface area contributed by atoms with Gasteiger partial charge in [0, 0.05) is 41.3 Å². The Morgan fingerprint density at radius 2 is 2.07 bits per heavy atom. The zero-order valence-electron chi connectivity index (χ0n) is 24.8. The summed E-state index contributed by atoms with van der Waals surface area (Å²) in [6, 6.07) is 11.5. The Balaban J connectivity index is 1.43. The summed E-state index contributed by atoms with van der Waals surface area (Å²) in [6.45, 7) is 3.68. The lowest BCUT2D eigenvalue weighted by Crippen LogP contribution is -2.49. The molecule has 1 fully saturated rings. The van der Waals surface area contributed by atoms with Crippen LogP contribution >= 0.6 is 11.6 Å². The number of amides is 1. The van der Waals surface area contributed by atoms with Gasteiger partial charge in [0.05, 0.1) is 33.9 Å². The molecular formula is C34H41ClN2O5S. The fourth-order valence-corrected chi connectivity index (χ4v) is 9.54. The summed E-state index contributed by atoms with van der Waals surface area (Å²) in [5.41, 5.74) is 3.43. The SMILES string of the molecule is CCC(=O)C[S@]1(=O)=NC(=O)c2ccc3c(c2)N(C[C@@H]2CC[C@H]2[C@@H](O)/C=C/CCC1)C[C@@]1(CCCc2cc(Cl)ccc21)CO3. The lowest BCUT2D eigenvalue weighted by atomic mass is 9.68. The Labute approximate surface area is 259 Å². The number of fused-ring (bicyclic) bond motifs is 4. The second-order valence-corrected chi connectivity index (χ2v) is 15.6. The van der Waals surface area contributed by atoms with Gasteiger partial charge in [-0.3, -0.25) is 9.59 Å². The summed E-state index contributed by atoms with van der Waals surface area (Å²) in [7, 11) is -3.08. The smallest absolute Gasteiger partial charge is 0.285 e. The van der Waals surface area contributed by atoms with E-state index in [0.29, 0.717) is 43.2 Å². The fraction of sp³-hybridized carbons (Fsp3) is 0.529. The average molecular weight is 625 g/mol. The maximum atomic E-state index is 13.8. The number of anilines is 1. The van der Waals surface area contributed by atoms with Crippen LogP contribution in [0.1, 0.15) is 73.4 Å². The van der Waals surface area contributed by atoms with Crippen molar-refractivity contribution >= 4 is 38.7 Å². The Morgan fingerprint density at radius 3 is 2.86 bits per heavy atom. The lowest BCUT2D eigenvalue weighted by molar-refractivity contribution is -0.116. The van der Waals surface area contributed by atoms with Gasteiger partial charge in [-0.2, -0.15) is 4.36 Å². The highest BCUT2D eigenvalue weighted by molar-refractivity contribution is 7.94. The van der Waals surface area contributed by atoms with Crippen molar-refractivity contribution < 1.29 is 23.6 Å². The molecule has 43 heavy (non-hydrogen) atoms. The molecule has 0 saturated heterocycles. The summed E-state index contributed by atoms with van der Waals surface area (Å²) in [5, 5.41) is 11.8. The molecule has 0 unspecified atom stereocenters. The Kier molecular flexibility index (Phi) is 8.73. The molecule has 1 saturated carbocycles. The molecule has 0 aromatic heterocycles. The van der Waals surface area contributed by atoms with Gasteiger partial charge in [0.1, 0.15) is 11.5 Å². The predicted molar refractivity (Wildman–Crippen MR) is 171 cm³/mol. The molecule has 4 aliphatic rings. The van der Waals surface area contributed by atoms with Gasteiger partial charge in [-0.15, -0.1) is 0 Å². The molecule has 2 bridgehead atoms. The molecular weight excluding hydrogens is 584 g/mol. The minimum atomic E-state index is -3.08. The number of rotatable bonds is 3. The summed E-state index contributed by atoms with van der Waals surface area (Å²) in [6.07, 6.45) is 9.60. The van der Waals surface area contributed by atoms with E-state index in [0.717, 1.165) is 49.4 Å². The summed E-state index contributed by atoms with van der Waals surface area (Å²) < 4.78 is 24.6. The number of carbonyl (C=O) groups excluding carboxylic acids is 2. The monoisotopic (exact) mass is 624 g/mol. The lowest BCUT2D eigenvalue weighted by Gasteiger charge is -2.45. The highest BCUT2D eigenvalue weighted by Crippen LogP contribution is 2.46. The third kappa shape index (κ3) is 6.29. The molecule has 2 aromatic rings. The molecule has 1 amide bonds. The number of aliphatic hydroxyl groups is 1. The van der Waals surface area contributed by atoms with E-state index in [2.05, 4.69) is 21.4 Å². The first-order chi connectivity index (χ1) is 20.7. The number of aryl methyl sites for hydroxylation is 1. The highest BCUT2D eigenvalue weighted by atomic mass is 35.5. The molecule has 2 aliphatic heterocycles. The molecule has 0 radical (unpaired) electrons. The van der Waals surface area contributed by atoms with E-state index < -0.39 is 21.7 Å². The number of hydrogen-bond donors (Lipinski definition) is 1. The Morgan fingerprint density at radius 1 is 1.21 bits per heavy atom. The molecule has 1 N–H and O–H groups in total. The number of nitrogens with zero attached hydrogens (tertiary/aromatic N) is 2. The molecule has 2 aromatic carbocycles. The van der Waals surface area contributed by atoms with Crippen LogP contribution in [0, 0.1) is 11.8 Å². The number of ketones is 1. The molecule has 6 rings (SSSR count). The van der Waals surface area contributed by atoms with Crippen molar-refractivity contribution in [3.05, 3.63) is 70.3 Å². The van der Waals surface area contributed by atoms with Gasteiger partial charge in [0.2, 0.25) is 0 Å². The van der Waals surface area contributed by atoms with Crippen LogP contribution in [0.4, 0.5) is 5.69 Å². The van der Waals surface area contributed by atoms with Gasteiger partial charge in [-0.05, 0) is 98.2 Å². The third-order valence-electron chi connectivity index (χ3n) is 9.85. The molecule has 5 atom stereocenters. The largest absolute Gasteiger partial charge is 0.490 e. The predicted octanol–water partition coefficient (Wildman–Crippen LogP) is 6.14. The molecule has 1 spiro atoms. The number of aliphatic hydroxyl groups excluding tert-OH is 1. The average Bonchev–Trinajstić information content (AvgIpc) is 3.11. The van der Waals surface area contributed by atoms with Crippen molar-refractivity contribution in [2.75, 3.05) is 36.1 Å². The van der Waals surface area contributed by atoms with E-state index in [9.17, 15) is 18.9 Å². The van der Waals surface area contributed by atoms with E-state index in [4.69, 9.17) is 16.3 Å². The van der Waals surface area contributed by atoms with Crippen LogP contribution in [-0.2, 0) is 26.4 Å². The third-order valence-corrected chi connectivity index (χ3v) is 12.3. The van der Waals surface area contributed by atoms with Crippen LogP contribution in [0.25, 0.3) is 0 Å². The topological polar surface area (TPSA) is 96.3 Å². The van der Waals surface area contributed by atoms with Crippen molar-refractivity contribution in [2.45, 2.75) is 69.8 Å². The quantitative estimate of drug-likeness (QED) is 0.412. The maximum absolute atomic E-state index is 13.8. The first-order valence-electron chi connectivity index (χ1n) is 15.6. The van der Waals surface area contributed by atoms with Gasteiger partial charge in [0.25, 0.3) is 5.91 Å². The fourth-order valence-electron chi connectivity index (χ4n) is 7.31. The van der Waals surface area contributed by atoms with Crippen molar-refractivity contribution in [2.24, 2.45) is 16.2 Å². The Hall–Kier alpha value is -2.68. The van der Waals surface area contributed by atoms with Gasteiger partial charge in [0.15, 0.2) is 0 Å². The number of benzene rings is 2. The highest BCUT2D eigenvalue weighted by Gasteiger charge is 2.44. The number of ether oxygens (including phenoxy) is 1. The van der Waals surface area contributed by atoms with E-state index in [1.54, 1.807) is 13.0 Å². The summed E-state index contributed by atoms with van der Waals surface area (Å²) in [5.74, 6) is 0.351. The van der Waals surface area contributed by atoms with Gasteiger partial charge in [-0.25, -0.2) is 4.21 Å². The number of halogens is 1. The van der Waals surface area contributed by atoms with Crippen LogP contribution in [0.2, 0.25) is 5.02 Å². The van der Waals surface area contributed by atoms with Crippen LogP contribution in [0.3, 0.4) is 0 Å². The second-order valence-electron chi connectivity index (χ2n) is 12.8. The van der Waals surface area contributed by atoms with E-state index in [1.807, 2.05) is 30.4 Å². The van der Waals surface area contributed by atoms with E-state index >= 15 is 0 Å². The first kappa shape index (κ1) is 30.4. The van der Waals surface area contributed by atoms with Crippen molar-refractivity contribution in [1.82, 2.24) is 0 Å². The second kappa shape index (κ2) is 12.4. The summed E-state index contributed by atoms with van der Waals surface area (Å²) >= 11 is 6.40. The normalized spacial score (nSPS) is 31.5. The van der Waals surface area contributed by atoms with Crippen molar-refractivity contribution in [3.63, 3.8) is 0 Å². The van der Waals surface area contributed by atoms with Gasteiger partial charge >= 0.3 is 0 Å². The van der Waals surface area contributed by atoms with Crippen LogP contribution in [0.15, 0.2) is 52.9 Å². The Bertz CT molecular complexity index is 1560. The molecule has 9 heteroatoms. The minimum Gasteiger partial charge on any atom is -0.490 e. The molecule has 230 valence electrons. The standard InChI is InChI=1S/C34H41ClN2O5S/c1-2-27(38)20-43(41)16-5-3-4-8-31(39)28-12-9-25(28)19-37-21-34(15-6-7-23-17-26(35)11-13-29(23)34)22-42-32-14-10-24(18-30(32)37)33(40)36-43/h4,8,10-11,13-14,17-18,25,28,31,39H,2-3,5-7,9,12,15-16,19-22H2,1H3/b8-4+/t25-,28+,31-,34-,43-/m0/s1.